The van der Waals surface area contributed by atoms with Crippen molar-refractivity contribution in [2.24, 2.45) is 0 Å². The predicted molar refractivity (Wildman–Crippen MR) is 109 cm³/mol. The van der Waals surface area contributed by atoms with Gasteiger partial charge in [0.2, 0.25) is 0 Å². The second-order valence-electron chi connectivity index (χ2n) is 5.78. The molecule has 0 amide bonds. The summed E-state index contributed by atoms with van der Waals surface area (Å²) in [6, 6.07) is 12.1. The van der Waals surface area contributed by atoms with Crippen LogP contribution in [0.1, 0.15) is 23.6 Å². The second-order valence-corrected chi connectivity index (χ2v) is 6.19. The average Bonchev–Trinajstić information content (AvgIpc) is 2.60. The van der Waals surface area contributed by atoms with Crippen LogP contribution < -0.4 is 14.8 Å². The zero-order chi connectivity index (χ0) is 18.1. The van der Waals surface area contributed by atoms with Gasteiger partial charge in [0.25, 0.3) is 0 Å². The lowest BCUT2D eigenvalue weighted by Crippen LogP contribution is -2.18. The Balaban J connectivity index is 0.00000338. The van der Waals surface area contributed by atoms with E-state index in [4.69, 9.17) is 25.8 Å². The Kier molecular flexibility index (Phi) is 10.4. The van der Waals surface area contributed by atoms with Crippen LogP contribution in [0.25, 0.3) is 0 Å². The number of ether oxygens (including phenoxy) is 3. The Hall–Kier alpha value is -1.46. The van der Waals surface area contributed by atoms with E-state index >= 15 is 0 Å². The molecular weight excluding hydrogens is 373 g/mol. The van der Waals surface area contributed by atoms with Crippen molar-refractivity contribution in [1.29, 1.82) is 0 Å². The number of hydrogen-bond donors (Lipinski definition) is 1. The van der Waals surface area contributed by atoms with Crippen LogP contribution >= 0.6 is 24.0 Å². The molecule has 0 aliphatic rings. The molecule has 2 rings (SSSR count). The molecule has 0 unspecified atom stereocenters. The van der Waals surface area contributed by atoms with Crippen LogP contribution in [0, 0.1) is 6.92 Å². The molecule has 2 aromatic carbocycles. The molecule has 4 nitrogen and oxygen atoms in total. The van der Waals surface area contributed by atoms with E-state index in [-0.39, 0.29) is 12.4 Å². The molecule has 0 saturated heterocycles. The van der Waals surface area contributed by atoms with Gasteiger partial charge in [0.05, 0.1) is 18.2 Å². The van der Waals surface area contributed by atoms with Gasteiger partial charge < -0.3 is 19.5 Å². The Bertz CT molecular complexity index is 663. The van der Waals surface area contributed by atoms with Crippen molar-refractivity contribution in [3.05, 3.63) is 58.1 Å². The molecule has 2 aromatic rings. The molecule has 0 saturated carbocycles. The van der Waals surface area contributed by atoms with Crippen molar-refractivity contribution in [1.82, 2.24) is 5.32 Å². The number of methoxy groups -OCH3 is 1. The van der Waals surface area contributed by atoms with E-state index in [0.717, 1.165) is 17.7 Å². The molecule has 0 fully saturated rings. The molecule has 0 radical (unpaired) electrons. The van der Waals surface area contributed by atoms with Gasteiger partial charge in [-0.15, -0.1) is 12.4 Å². The van der Waals surface area contributed by atoms with E-state index in [1.807, 2.05) is 19.1 Å². The third-order valence-electron chi connectivity index (χ3n) is 3.69. The van der Waals surface area contributed by atoms with Gasteiger partial charge >= 0.3 is 0 Å². The predicted octanol–water partition coefficient (Wildman–Crippen LogP) is 4.78. The van der Waals surface area contributed by atoms with Gasteiger partial charge in [0.15, 0.2) is 11.5 Å². The topological polar surface area (TPSA) is 39.7 Å². The van der Waals surface area contributed by atoms with Crippen LogP contribution in [0.2, 0.25) is 5.02 Å². The monoisotopic (exact) mass is 399 g/mol. The first-order valence-electron chi connectivity index (χ1n) is 8.47. The smallest absolute Gasteiger partial charge is 0.180 e. The summed E-state index contributed by atoms with van der Waals surface area (Å²) in [5, 5.41) is 3.86. The van der Waals surface area contributed by atoms with Gasteiger partial charge in [-0.05, 0) is 37.1 Å². The van der Waals surface area contributed by atoms with Crippen molar-refractivity contribution in [3.8, 4) is 11.5 Å². The number of rotatable bonds is 10. The summed E-state index contributed by atoms with van der Waals surface area (Å²) in [7, 11) is 1.69. The lowest BCUT2D eigenvalue weighted by atomic mass is 10.1. The Morgan fingerprint density at radius 3 is 2.42 bits per heavy atom. The summed E-state index contributed by atoms with van der Waals surface area (Å²) in [5.41, 5.74) is 3.36. The van der Waals surface area contributed by atoms with E-state index in [0.29, 0.717) is 42.9 Å². The highest BCUT2D eigenvalue weighted by atomic mass is 35.5. The minimum absolute atomic E-state index is 0. The van der Waals surface area contributed by atoms with Gasteiger partial charge in [-0.3, -0.25) is 0 Å². The summed E-state index contributed by atoms with van der Waals surface area (Å²) in [4.78, 5) is 0. The first-order valence-corrected chi connectivity index (χ1v) is 8.85. The van der Waals surface area contributed by atoms with Gasteiger partial charge in [-0.2, -0.15) is 0 Å². The Morgan fingerprint density at radius 2 is 1.77 bits per heavy atom. The molecule has 0 aliphatic carbocycles. The highest BCUT2D eigenvalue weighted by molar-refractivity contribution is 6.32. The molecule has 0 aliphatic heterocycles. The molecule has 144 valence electrons. The van der Waals surface area contributed by atoms with Crippen molar-refractivity contribution in [2.75, 3.05) is 26.9 Å². The van der Waals surface area contributed by atoms with Crippen molar-refractivity contribution in [3.63, 3.8) is 0 Å². The molecule has 6 heteroatoms. The minimum atomic E-state index is 0. The van der Waals surface area contributed by atoms with Crippen LogP contribution in [-0.4, -0.2) is 26.9 Å². The quantitative estimate of drug-likeness (QED) is 0.583. The molecular formula is C20H27Cl2NO3. The third-order valence-corrected chi connectivity index (χ3v) is 3.97. The first kappa shape index (κ1) is 22.6. The standard InChI is InChI=1S/C20H26ClNO3.ClH/c1-4-24-19-12-17(13-22-9-10-23-3)11-18(21)20(19)25-14-16-7-5-15(2)6-8-16;/h5-8,11-12,22H,4,9-10,13-14H2,1-3H3;1H. The Labute approximate surface area is 167 Å². The highest BCUT2D eigenvalue weighted by Crippen LogP contribution is 2.37. The number of benzene rings is 2. The SMILES string of the molecule is CCOc1cc(CNCCOC)cc(Cl)c1OCc1ccc(C)cc1.Cl. The zero-order valence-corrected chi connectivity index (χ0v) is 17.1. The summed E-state index contributed by atoms with van der Waals surface area (Å²) >= 11 is 6.44. The summed E-state index contributed by atoms with van der Waals surface area (Å²) < 4.78 is 16.7. The maximum absolute atomic E-state index is 6.44. The summed E-state index contributed by atoms with van der Waals surface area (Å²) in [5.74, 6) is 1.26. The first-order chi connectivity index (χ1) is 12.1. The zero-order valence-electron chi connectivity index (χ0n) is 15.5. The van der Waals surface area contributed by atoms with E-state index in [1.54, 1.807) is 7.11 Å². The van der Waals surface area contributed by atoms with Crippen LogP contribution in [0.15, 0.2) is 36.4 Å². The number of aryl methyl sites for hydroxylation is 1. The van der Waals surface area contributed by atoms with Gasteiger partial charge in [0.1, 0.15) is 6.61 Å². The van der Waals surface area contributed by atoms with Crippen molar-refractivity contribution >= 4 is 24.0 Å². The number of nitrogens with one attached hydrogen (secondary N) is 1. The molecule has 0 spiro atoms. The molecule has 26 heavy (non-hydrogen) atoms. The number of hydrogen-bond acceptors (Lipinski definition) is 4. The van der Waals surface area contributed by atoms with Crippen molar-refractivity contribution in [2.45, 2.75) is 27.0 Å². The third kappa shape index (κ3) is 7.04. The minimum Gasteiger partial charge on any atom is -0.490 e. The average molecular weight is 400 g/mol. The second kappa shape index (κ2) is 12.0. The van der Waals surface area contributed by atoms with Gasteiger partial charge in [0, 0.05) is 20.2 Å². The van der Waals surface area contributed by atoms with Crippen LogP contribution in [0.3, 0.4) is 0 Å². The van der Waals surface area contributed by atoms with Gasteiger partial charge in [-0.1, -0.05) is 41.4 Å². The van der Waals surface area contributed by atoms with E-state index in [2.05, 4.69) is 36.5 Å². The highest BCUT2D eigenvalue weighted by Gasteiger charge is 2.13. The van der Waals surface area contributed by atoms with E-state index in [9.17, 15) is 0 Å². The van der Waals surface area contributed by atoms with Crippen molar-refractivity contribution < 1.29 is 14.2 Å². The molecule has 1 N–H and O–H groups in total. The van der Waals surface area contributed by atoms with E-state index in [1.165, 1.54) is 5.56 Å². The maximum Gasteiger partial charge on any atom is 0.180 e. The maximum atomic E-state index is 6.44. The normalized spacial score (nSPS) is 10.3. The fourth-order valence-corrected chi connectivity index (χ4v) is 2.66. The lowest BCUT2D eigenvalue weighted by molar-refractivity contribution is 0.199. The molecule has 0 atom stereocenters. The van der Waals surface area contributed by atoms with Gasteiger partial charge in [-0.25, -0.2) is 0 Å². The van der Waals surface area contributed by atoms with Crippen LogP contribution in [-0.2, 0) is 17.9 Å². The largest absolute Gasteiger partial charge is 0.490 e. The lowest BCUT2D eigenvalue weighted by Gasteiger charge is -2.16. The van der Waals surface area contributed by atoms with Crippen LogP contribution in [0.5, 0.6) is 11.5 Å². The number of halogens is 2. The fraction of sp³-hybridized carbons (Fsp3) is 0.400. The molecule has 0 heterocycles. The summed E-state index contributed by atoms with van der Waals surface area (Å²) in [6.07, 6.45) is 0. The van der Waals surface area contributed by atoms with E-state index < -0.39 is 0 Å². The summed E-state index contributed by atoms with van der Waals surface area (Å²) in [6.45, 7) is 7.16. The fourth-order valence-electron chi connectivity index (χ4n) is 2.37. The molecule has 0 bridgehead atoms. The molecule has 0 aromatic heterocycles. The van der Waals surface area contributed by atoms with Crippen LogP contribution in [0.4, 0.5) is 0 Å². The Morgan fingerprint density at radius 1 is 1.04 bits per heavy atom.